The molecule has 0 amide bonds. The number of nitrogens with zero attached hydrogens (tertiary/aromatic N) is 1. The molecule has 1 N–H and O–H groups in total. The first-order valence-corrected chi connectivity index (χ1v) is 8.26. The SMILES string of the molecule is CCNC(CCc1ccccn1)Cc1ccc(Br)s1. The fraction of sp³-hybridized carbons (Fsp3) is 0.400. The van der Waals surface area contributed by atoms with Gasteiger partial charge in [0.05, 0.1) is 3.79 Å². The van der Waals surface area contributed by atoms with Gasteiger partial charge in [0.25, 0.3) is 0 Å². The maximum atomic E-state index is 4.39. The molecule has 0 bridgehead atoms. The van der Waals surface area contributed by atoms with Crippen molar-refractivity contribution in [3.05, 3.63) is 50.9 Å². The first-order chi connectivity index (χ1) is 9.28. The summed E-state index contributed by atoms with van der Waals surface area (Å²) in [6, 6.07) is 11.0. The Balaban J connectivity index is 1.89. The van der Waals surface area contributed by atoms with Crippen LogP contribution >= 0.6 is 27.3 Å². The van der Waals surface area contributed by atoms with Crippen LogP contribution in [-0.4, -0.2) is 17.6 Å². The van der Waals surface area contributed by atoms with Gasteiger partial charge in [-0.1, -0.05) is 13.0 Å². The summed E-state index contributed by atoms with van der Waals surface area (Å²) in [5.41, 5.74) is 1.18. The molecule has 0 aliphatic carbocycles. The molecule has 2 heterocycles. The average Bonchev–Trinajstić information content (AvgIpc) is 2.83. The van der Waals surface area contributed by atoms with Crippen molar-refractivity contribution in [2.45, 2.75) is 32.2 Å². The molecule has 0 spiro atoms. The van der Waals surface area contributed by atoms with Crippen LogP contribution in [0.25, 0.3) is 0 Å². The molecule has 19 heavy (non-hydrogen) atoms. The lowest BCUT2D eigenvalue weighted by atomic mass is 10.1. The molecule has 0 saturated heterocycles. The van der Waals surface area contributed by atoms with E-state index < -0.39 is 0 Å². The van der Waals surface area contributed by atoms with Crippen LogP contribution in [0.15, 0.2) is 40.3 Å². The van der Waals surface area contributed by atoms with Crippen molar-refractivity contribution in [1.29, 1.82) is 0 Å². The molecule has 0 radical (unpaired) electrons. The minimum absolute atomic E-state index is 0.526. The Hall–Kier alpha value is -0.710. The highest BCUT2D eigenvalue weighted by molar-refractivity contribution is 9.11. The van der Waals surface area contributed by atoms with Crippen molar-refractivity contribution in [3.63, 3.8) is 0 Å². The summed E-state index contributed by atoms with van der Waals surface area (Å²) in [6.45, 7) is 3.18. The van der Waals surface area contributed by atoms with Crippen molar-refractivity contribution < 1.29 is 0 Å². The number of thiophene rings is 1. The van der Waals surface area contributed by atoms with E-state index in [1.807, 2.05) is 23.6 Å². The van der Waals surface area contributed by atoms with E-state index in [-0.39, 0.29) is 0 Å². The molecule has 0 aliphatic heterocycles. The third kappa shape index (κ3) is 5.05. The zero-order valence-corrected chi connectivity index (χ0v) is 13.5. The second-order valence-corrected chi connectivity index (χ2v) is 7.07. The van der Waals surface area contributed by atoms with Gasteiger partial charge >= 0.3 is 0 Å². The summed E-state index contributed by atoms with van der Waals surface area (Å²) < 4.78 is 1.21. The van der Waals surface area contributed by atoms with Gasteiger partial charge in [0, 0.05) is 22.8 Å². The molecule has 1 atom stereocenters. The maximum absolute atomic E-state index is 4.39. The first-order valence-electron chi connectivity index (χ1n) is 6.65. The highest BCUT2D eigenvalue weighted by Gasteiger charge is 2.10. The number of rotatable bonds is 7. The first kappa shape index (κ1) is 14.7. The van der Waals surface area contributed by atoms with Gasteiger partial charge < -0.3 is 5.32 Å². The zero-order valence-electron chi connectivity index (χ0n) is 11.1. The number of aryl methyl sites for hydroxylation is 1. The van der Waals surface area contributed by atoms with Gasteiger partial charge in [-0.05, 0) is 66.0 Å². The predicted molar refractivity (Wildman–Crippen MR) is 85.7 cm³/mol. The fourth-order valence-electron chi connectivity index (χ4n) is 2.14. The second kappa shape index (κ2) is 7.78. The van der Waals surface area contributed by atoms with Crippen LogP contribution in [0, 0.1) is 0 Å². The maximum Gasteiger partial charge on any atom is 0.0701 e. The van der Waals surface area contributed by atoms with Crippen molar-refractivity contribution in [1.82, 2.24) is 10.3 Å². The van der Waals surface area contributed by atoms with Crippen LogP contribution in [0.1, 0.15) is 23.9 Å². The molecule has 2 nitrogen and oxygen atoms in total. The Morgan fingerprint density at radius 3 is 2.84 bits per heavy atom. The molecule has 102 valence electrons. The summed E-state index contributed by atoms with van der Waals surface area (Å²) in [5, 5.41) is 3.57. The number of hydrogen-bond donors (Lipinski definition) is 1. The summed E-state index contributed by atoms with van der Waals surface area (Å²) in [7, 11) is 0. The Kier molecular flexibility index (Phi) is 6.01. The van der Waals surface area contributed by atoms with Gasteiger partial charge in [0.2, 0.25) is 0 Å². The van der Waals surface area contributed by atoms with E-state index in [2.05, 4.69) is 57.4 Å². The summed E-state index contributed by atoms with van der Waals surface area (Å²) in [4.78, 5) is 5.82. The Morgan fingerprint density at radius 1 is 1.32 bits per heavy atom. The van der Waals surface area contributed by atoms with Crippen LogP contribution in [0.2, 0.25) is 0 Å². The highest BCUT2D eigenvalue weighted by Crippen LogP contribution is 2.23. The van der Waals surface area contributed by atoms with Crippen LogP contribution in [0.5, 0.6) is 0 Å². The Bertz CT molecular complexity index is 484. The zero-order chi connectivity index (χ0) is 13.5. The molecule has 4 heteroatoms. The molecule has 1 unspecified atom stereocenters. The molecule has 0 aromatic carbocycles. The third-order valence-electron chi connectivity index (χ3n) is 3.04. The lowest BCUT2D eigenvalue weighted by Crippen LogP contribution is -2.31. The number of pyridine rings is 1. The van der Waals surface area contributed by atoms with E-state index in [4.69, 9.17) is 0 Å². The summed E-state index contributed by atoms with van der Waals surface area (Å²) >= 11 is 5.35. The normalized spacial score (nSPS) is 12.5. The lowest BCUT2D eigenvalue weighted by molar-refractivity contribution is 0.491. The van der Waals surface area contributed by atoms with Gasteiger partial charge in [0.1, 0.15) is 0 Å². The molecule has 0 fully saturated rings. The molecule has 0 saturated carbocycles. The molecule has 0 aliphatic rings. The quantitative estimate of drug-likeness (QED) is 0.823. The minimum atomic E-state index is 0.526. The van der Waals surface area contributed by atoms with E-state index in [0.29, 0.717) is 6.04 Å². The molecular weight excluding hydrogens is 320 g/mol. The lowest BCUT2D eigenvalue weighted by Gasteiger charge is -2.16. The number of likely N-dealkylation sites (N-methyl/N-ethyl adjacent to an activating group) is 1. The summed E-state index contributed by atoms with van der Waals surface area (Å²) in [5.74, 6) is 0. The van der Waals surface area contributed by atoms with Gasteiger partial charge in [-0.3, -0.25) is 4.98 Å². The Morgan fingerprint density at radius 2 is 2.21 bits per heavy atom. The average molecular weight is 339 g/mol. The van der Waals surface area contributed by atoms with Gasteiger partial charge in [-0.15, -0.1) is 11.3 Å². The van der Waals surface area contributed by atoms with E-state index in [9.17, 15) is 0 Å². The van der Waals surface area contributed by atoms with Crippen LogP contribution in [-0.2, 0) is 12.8 Å². The fourth-order valence-corrected chi connectivity index (χ4v) is 3.70. The van der Waals surface area contributed by atoms with Crippen molar-refractivity contribution >= 4 is 27.3 Å². The largest absolute Gasteiger partial charge is 0.314 e. The Labute approximate surface area is 127 Å². The summed E-state index contributed by atoms with van der Waals surface area (Å²) in [6.07, 6.45) is 5.12. The number of nitrogens with one attached hydrogen (secondary N) is 1. The predicted octanol–water partition coefficient (Wildman–Crippen LogP) is 4.06. The van der Waals surface area contributed by atoms with Crippen molar-refractivity contribution in [3.8, 4) is 0 Å². The van der Waals surface area contributed by atoms with E-state index in [1.165, 1.54) is 14.4 Å². The number of aromatic nitrogens is 1. The van der Waals surface area contributed by atoms with E-state index >= 15 is 0 Å². The van der Waals surface area contributed by atoms with Crippen molar-refractivity contribution in [2.75, 3.05) is 6.54 Å². The topological polar surface area (TPSA) is 24.9 Å². The van der Waals surface area contributed by atoms with Gasteiger partial charge in [0.15, 0.2) is 0 Å². The molecule has 2 rings (SSSR count). The van der Waals surface area contributed by atoms with Crippen molar-refractivity contribution in [2.24, 2.45) is 0 Å². The number of halogens is 1. The third-order valence-corrected chi connectivity index (χ3v) is 4.69. The second-order valence-electron chi connectivity index (χ2n) is 4.52. The standard InChI is InChI=1S/C15H19BrN2S/c1-2-17-13(11-14-8-9-15(16)19-14)7-6-12-5-3-4-10-18-12/h3-5,8-10,13,17H,2,6-7,11H2,1H3. The minimum Gasteiger partial charge on any atom is -0.314 e. The van der Waals surface area contributed by atoms with Gasteiger partial charge in [-0.2, -0.15) is 0 Å². The van der Waals surface area contributed by atoms with Crippen LogP contribution < -0.4 is 5.32 Å². The van der Waals surface area contributed by atoms with Crippen LogP contribution in [0.3, 0.4) is 0 Å². The van der Waals surface area contributed by atoms with Gasteiger partial charge in [-0.25, -0.2) is 0 Å². The molecule has 2 aromatic rings. The van der Waals surface area contributed by atoms with E-state index in [1.54, 1.807) is 0 Å². The molecule has 2 aromatic heterocycles. The molecular formula is C15H19BrN2S. The highest BCUT2D eigenvalue weighted by atomic mass is 79.9. The number of hydrogen-bond acceptors (Lipinski definition) is 3. The smallest absolute Gasteiger partial charge is 0.0701 e. The monoisotopic (exact) mass is 338 g/mol. The van der Waals surface area contributed by atoms with E-state index in [0.717, 1.165) is 25.8 Å². The van der Waals surface area contributed by atoms with Crippen LogP contribution in [0.4, 0.5) is 0 Å².